The van der Waals surface area contributed by atoms with Gasteiger partial charge < -0.3 is 14.6 Å². The quantitative estimate of drug-likeness (QED) is 0.825. The molecule has 1 aliphatic rings. The molecule has 0 amide bonds. The number of carbonyl (C=O) groups excluding carboxylic acids is 1. The number of nitrogens with zero attached hydrogens (tertiary/aromatic N) is 2. The lowest BCUT2D eigenvalue weighted by Crippen LogP contribution is -2.23. The molecule has 1 aliphatic carbocycles. The Morgan fingerprint density at radius 2 is 1.74 bits per heavy atom. The molecule has 2 rings (SSSR count). The van der Waals surface area contributed by atoms with E-state index in [-0.39, 0.29) is 17.9 Å². The van der Waals surface area contributed by atoms with Crippen LogP contribution >= 0.6 is 0 Å². The monoisotopic (exact) mass is 264 g/mol. The number of hydrogen-bond acceptors (Lipinski definition) is 3. The number of ketones is 1. The predicted molar refractivity (Wildman–Crippen MR) is 72.0 cm³/mol. The summed E-state index contributed by atoms with van der Waals surface area (Å²) in [5.41, 5.74) is 2.06. The number of Topliss-reactive ketones (excluding diaryl/α,β-unsaturated/α-hetero) is 1. The zero-order chi connectivity index (χ0) is 14.3. The summed E-state index contributed by atoms with van der Waals surface area (Å²) in [5.74, 6) is -1.13. The van der Waals surface area contributed by atoms with E-state index >= 15 is 0 Å². The van der Waals surface area contributed by atoms with Crippen molar-refractivity contribution in [3.05, 3.63) is 22.5 Å². The van der Waals surface area contributed by atoms with Gasteiger partial charge in [0, 0.05) is 17.4 Å². The number of carboxylic acids is 1. The van der Waals surface area contributed by atoms with Crippen LogP contribution < -0.4 is 0 Å². The van der Waals surface area contributed by atoms with Crippen LogP contribution in [0.4, 0.5) is 0 Å². The smallest absolute Gasteiger partial charge is 0.338 e. The third-order valence-corrected chi connectivity index (χ3v) is 3.56. The van der Waals surface area contributed by atoms with Gasteiger partial charge in [-0.05, 0) is 40.8 Å². The van der Waals surface area contributed by atoms with Gasteiger partial charge in [-0.2, -0.15) is 0 Å². The number of aromatic carboxylic acids is 1. The average Bonchev–Trinajstić information content (AvgIpc) is 3.04. The lowest BCUT2D eigenvalue weighted by Gasteiger charge is -2.10. The van der Waals surface area contributed by atoms with Crippen molar-refractivity contribution in [2.45, 2.75) is 32.7 Å². The van der Waals surface area contributed by atoms with Crippen LogP contribution in [0.15, 0.2) is 0 Å². The molecule has 1 aromatic heterocycles. The summed E-state index contributed by atoms with van der Waals surface area (Å²) >= 11 is 0. The number of aromatic nitrogens is 1. The van der Waals surface area contributed by atoms with Crippen molar-refractivity contribution in [3.8, 4) is 0 Å². The van der Waals surface area contributed by atoms with E-state index in [1.165, 1.54) is 0 Å². The summed E-state index contributed by atoms with van der Waals surface area (Å²) in [4.78, 5) is 25.5. The third-order valence-electron chi connectivity index (χ3n) is 3.56. The molecule has 1 N–H and O–H groups in total. The highest BCUT2D eigenvalue weighted by atomic mass is 16.4. The Bertz CT molecular complexity index is 539. The lowest BCUT2D eigenvalue weighted by molar-refractivity contribution is 0.0690. The van der Waals surface area contributed by atoms with E-state index in [4.69, 9.17) is 0 Å². The van der Waals surface area contributed by atoms with E-state index in [1.54, 1.807) is 25.9 Å². The summed E-state index contributed by atoms with van der Waals surface area (Å²) in [7, 11) is 3.61. The van der Waals surface area contributed by atoms with Gasteiger partial charge in [0.15, 0.2) is 5.78 Å². The Kier molecular flexibility index (Phi) is 3.49. The molecule has 1 saturated carbocycles. The molecule has 104 valence electrons. The summed E-state index contributed by atoms with van der Waals surface area (Å²) in [5, 5.41) is 9.39. The summed E-state index contributed by atoms with van der Waals surface area (Å²) in [6.45, 7) is 3.87. The molecule has 0 aliphatic heterocycles. The summed E-state index contributed by atoms with van der Waals surface area (Å²) < 4.78 is 2.02. The molecular formula is C14H20N2O3. The number of hydrogen-bond donors (Lipinski definition) is 1. The molecule has 0 atom stereocenters. The van der Waals surface area contributed by atoms with Crippen LogP contribution in [0.5, 0.6) is 0 Å². The van der Waals surface area contributed by atoms with Gasteiger partial charge in [-0.3, -0.25) is 4.79 Å². The van der Waals surface area contributed by atoms with Crippen molar-refractivity contribution < 1.29 is 14.7 Å². The van der Waals surface area contributed by atoms with Crippen molar-refractivity contribution in [1.29, 1.82) is 0 Å². The van der Waals surface area contributed by atoms with Crippen molar-refractivity contribution in [3.63, 3.8) is 0 Å². The van der Waals surface area contributed by atoms with Crippen LogP contribution in [0.3, 0.4) is 0 Å². The van der Waals surface area contributed by atoms with Crippen LogP contribution in [0, 0.1) is 13.8 Å². The molecule has 0 bridgehead atoms. The van der Waals surface area contributed by atoms with E-state index < -0.39 is 5.97 Å². The van der Waals surface area contributed by atoms with Crippen LogP contribution in [-0.2, 0) is 0 Å². The van der Waals surface area contributed by atoms with Crippen LogP contribution in [-0.4, -0.2) is 47.0 Å². The molecule has 0 saturated heterocycles. The number of carboxylic acid groups (broad SMARTS) is 1. The van der Waals surface area contributed by atoms with Crippen molar-refractivity contribution >= 4 is 11.8 Å². The molecule has 5 nitrogen and oxygen atoms in total. The Balaban J connectivity index is 2.54. The molecule has 1 aromatic rings. The highest BCUT2D eigenvalue weighted by Gasteiger charge is 2.33. The highest BCUT2D eigenvalue weighted by Crippen LogP contribution is 2.40. The first-order chi connectivity index (χ1) is 8.84. The largest absolute Gasteiger partial charge is 0.478 e. The van der Waals surface area contributed by atoms with E-state index in [0.717, 1.165) is 18.5 Å². The van der Waals surface area contributed by atoms with E-state index in [0.29, 0.717) is 17.3 Å². The van der Waals surface area contributed by atoms with Crippen molar-refractivity contribution in [1.82, 2.24) is 9.47 Å². The molecule has 1 heterocycles. The van der Waals surface area contributed by atoms with Gasteiger partial charge in [-0.15, -0.1) is 0 Å². The second-order valence-corrected chi connectivity index (χ2v) is 5.49. The molecule has 19 heavy (non-hydrogen) atoms. The second kappa shape index (κ2) is 4.81. The van der Waals surface area contributed by atoms with Crippen LogP contribution in [0.2, 0.25) is 0 Å². The fourth-order valence-electron chi connectivity index (χ4n) is 2.70. The standard InChI is InChI=1S/C14H20N2O3/c1-8-12(11(17)7-15(3)4)13(14(18)19)9(2)16(8)10-5-6-10/h10H,5-7H2,1-4H3,(H,18,19). The lowest BCUT2D eigenvalue weighted by atomic mass is 10.0. The zero-order valence-corrected chi connectivity index (χ0v) is 11.9. The molecular weight excluding hydrogens is 244 g/mol. The summed E-state index contributed by atoms with van der Waals surface area (Å²) in [6, 6.07) is 0.374. The maximum absolute atomic E-state index is 12.3. The Hall–Kier alpha value is -1.62. The minimum absolute atomic E-state index is 0.123. The van der Waals surface area contributed by atoms with Crippen LogP contribution in [0.1, 0.15) is 51.0 Å². The Morgan fingerprint density at radius 1 is 1.21 bits per heavy atom. The fraction of sp³-hybridized carbons (Fsp3) is 0.571. The highest BCUT2D eigenvalue weighted by molar-refractivity contribution is 6.08. The third kappa shape index (κ3) is 2.42. The van der Waals surface area contributed by atoms with E-state index in [2.05, 4.69) is 0 Å². The minimum atomic E-state index is -1.01. The minimum Gasteiger partial charge on any atom is -0.478 e. The first-order valence-corrected chi connectivity index (χ1v) is 6.47. The van der Waals surface area contributed by atoms with Gasteiger partial charge in [-0.25, -0.2) is 4.79 Å². The van der Waals surface area contributed by atoms with Gasteiger partial charge in [0.2, 0.25) is 0 Å². The maximum atomic E-state index is 12.3. The van der Waals surface area contributed by atoms with E-state index in [1.807, 2.05) is 11.5 Å². The fourth-order valence-corrected chi connectivity index (χ4v) is 2.70. The van der Waals surface area contributed by atoms with Gasteiger partial charge >= 0.3 is 5.97 Å². The molecule has 0 radical (unpaired) electrons. The van der Waals surface area contributed by atoms with Gasteiger partial charge in [0.1, 0.15) is 0 Å². The SMILES string of the molecule is Cc1c(C(=O)O)c(C(=O)CN(C)C)c(C)n1C1CC1. The van der Waals surface area contributed by atoms with Crippen molar-refractivity contribution in [2.24, 2.45) is 0 Å². The Labute approximate surface area is 112 Å². The molecule has 1 fully saturated rings. The first-order valence-electron chi connectivity index (χ1n) is 6.47. The molecule has 5 heteroatoms. The summed E-state index contributed by atoms with van der Waals surface area (Å²) in [6.07, 6.45) is 2.13. The molecule has 0 aromatic carbocycles. The normalized spacial score (nSPS) is 15.0. The first kappa shape index (κ1) is 13.8. The topological polar surface area (TPSA) is 62.5 Å². The Morgan fingerprint density at radius 3 is 2.16 bits per heavy atom. The predicted octanol–water partition coefficient (Wildman–Crippen LogP) is 1.88. The van der Waals surface area contributed by atoms with Gasteiger partial charge in [-0.1, -0.05) is 0 Å². The molecule has 0 spiro atoms. The van der Waals surface area contributed by atoms with E-state index in [9.17, 15) is 14.7 Å². The number of likely N-dealkylation sites (N-methyl/N-ethyl adjacent to an activating group) is 1. The maximum Gasteiger partial charge on any atom is 0.338 e. The van der Waals surface area contributed by atoms with Gasteiger partial charge in [0.05, 0.1) is 17.7 Å². The van der Waals surface area contributed by atoms with Crippen molar-refractivity contribution in [2.75, 3.05) is 20.6 Å². The zero-order valence-electron chi connectivity index (χ0n) is 11.9. The average molecular weight is 264 g/mol. The molecule has 0 unspecified atom stereocenters. The number of carbonyl (C=O) groups is 2. The van der Waals surface area contributed by atoms with Gasteiger partial charge in [0.25, 0.3) is 0 Å². The van der Waals surface area contributed by atoms with Crippen LogP contribution in [0.25, 0.3) is 0 Å². The number of rotatable bonds is 5. The second-order valence-electron chi connectivity index (χ2n) is 5.49.